The van der Waals surface area contributed by atoms with Gasteiger partial charge < -0.3 is 15.8 Å². The molecule has 0 fully saturated rings. The van der Waals surface area contributed by atoms with Crippen LogP contribution in [0.3, 0.4) is 0 Å². The Labute approximate surface area is 119 Å². The standard InChI is InChI=1S/C14H23N3O3/c1-9(2)14(15)8-16-11-5-12(17(18)19)7-13(6-11)20-10(3)4/h5-7,9-10,14,16H,8,15H2,1-4H3. The predicted octanol–water partition coefficient (Wildman–Crippen LogP) is 2.78. The topological polar surface area (TPSA) is 90.4 Å². The van der Waals surface area contributed by atoms with Gasteiger partial charge in [-0.05, 0) is 19.8 Å². The summed E-state index contributed by atoms with van der Waals surface area (Å²) in [5.41, 5.74) is 6.60. The van der Waals surface area contributed by atoms with Crippen LogP contribution in [0.4, 0.5) is 11.4 Å². The second-order valence-electron chi connectivity index (χ2n) is 5.43. The monoisotopic (exact) mass is 281 g/mol. The van der Waals surface area contributed by atoms with Gasteiger partial charge in [0.05, 0.1) is 17.1 Å². The molecule has 0 bridgehead atoms. The normalized spacial score (nSPS) is 12.6. The number of hydrogen-bond acceptors (Lipinski definition) is 5. The molecule has 0 spiro atoms. The Kier molecular flexibility index (Phi) is 5.76. The largest absolute Gasteiger partial charge is 0.491 e. The number of nitrogens with two attached hydrogens (primary N) is 1. The Hall–Kier alpha value is -1.82. The minimum absolute atomic E-state index is 0.00349. The predicted molar refractivity (Wildman–Crippen MR) is 80.2 cm³/mol. The SMILES string of the molecule is CC(C)Oc1cc(NCC(N)C(C)C)cc([N+](=O)[O-])c1. The first-order valence-corrected chi connectivity index (χ1v) is 6.75. The molecule has 1 aromatic carbocycles. The number of non-ortho nitro benzene ring substituents is 1. The Balaban J connectivity index is 2.88. The van der Waals surface area contributed by atoms with Gasteiger partial charge in [0.1, 0.15) is 5.75 Å². The molecule has 0 amide bonds. The van der Waals surface area contributed by atoms with Crippen LogP contribution in [0.5, 0.6) is 5.75 Å². The van der Waals surface area contributed by atoms with Crippen LogP contribution in [-0.2, 0) is 0 Å². The summed E-state index contributed by atoms with van der Waals surface area (Å²) < 4.78 is 5.52. The molecule has 1 rings (SSSR count). The smallest absolute Gasteiger partial charge is 0.275 e. The number of ether oxygens (including phenoxy) is 1. The highest BCUT2D eigenvalue weighted by molar-refractivity contribution is 5.56. The molecule has 0 saturated heterocycles. The van der Waals surface area contributed by atoms with Crippen molar-refractivity contribution in [2.75, 3.05) is 11.9 Å². The molecule has 112 valence electrons. The van der Waals surface area contributed by atoms with Crippen molar-refractivity contribution < 1.29 is 9.66 Å². The lowest BCUT2D eigenvalue weighted by atomic mass is 10.1. The van der Waals surface area contributed by atoms with Crippen molar-refractivity contribution in [2.24, 2.45) is 11.7 Å². The summed E-state index contributed by atoms with van der Waals surface area (Å²) in [7, 11) is 0. The van der Waals surface area contributed by atoms with Crippen molar-refractivity contribution in [3.8, 4) is 5.75 Å². The summed E-state index contributed by atoms with van der Waals surface area (Å²) in [4.78, 5) is 10.5. The van der Waals surface area contributed by atoms with Crippen LogP contribution in [0.25, 0.3) is 0 Å². The number of rotatable bonds is 7. The lowest BCUT2D eigenvalue weighted by Gasteiger charge is -2.17. The Morgan fingerprint density at radius 2 is 1.95 bits per heavy atom. The van der Waals surface area contributed by atoms with Gasteiger partial charge in [0, 0.05) is 30.4 Å². The summed E-state index contributed by atoms with van der Waals surface area (Å²) in [6.45, 7) is 8.38. The van der Waals surface area contributed by atoms with Crippen molar-refractivity contribution in [2.45, 2.75) is 39.8 Å². The van der Waals surface area contributed by atoms with E-state index in [0.29, 0.717) is 23.9 Å². The van der Waals surface area contributed by atoms with E-state index in [4.69, 9.17) is 10.5 Å². The molecule has 0 aliphatic heterocycles. The second-order valence-corrected chi connectivity index (χ2v) is 5.43. The van der Waals surface area contributed by atoms with Crippen molar-refractivity contribution in [1.82, 2.24) is 0 Å². The highest BCUT2D eigenvalue weighted by Crippen LogP contribution is 2.26. The summed E-state index contributed by atoms with van der Waals surface area (Å²) in [6, 6.07) is 4.65. The summed E-state index contributed by atoms with van der Waals surface area (Å²) in [6.07, 6.45) is -0.0391. The fraction of sp³-hybridized carbons (Fsp3) is 0.571. The molecule has 0 aliphatic rings. The summed E-state index contributed by atoms with van der Waals surface area (Å²) >= 11 is 0. The fourth-order valence-corrected chi connectivity index (χ4v) is 1.60. The van der Waals surface area contributed by atoms with E-state index >= 15 is 0 Å². The molecule has 0 aliphatic carbocycles. The van der Waals surface area contributed by atoms with E-state index in [1.165, 1.54) is 12.1 Å². The van der Waals surface area contributed by atoms with Gasteiger partial charge in [-0.2, -0.15) is 0 Å². The number of anilines is 1. The van der Waals surface area contributed by atoms with E-state index in [1.807, 2.05) is 27.7 Å². The highest BCUT2D eigenvalue weighted by atomic mass is 16.6. The first-order chi connectivity index (χ1) is 9.29. The van der Waals surface area contributed by atoms with Crippen molar-refractivity contribution in [1.29, 1.82) is 0 Å². The highest BCUT2D eigenvalue weighted by Gasteiger charge is 2.13. The third-order valence-corrected chi connectivity index (χ3v) is 2.87. The minimum Gasteiger partial charge on any atom is -0.491 e. The van der Waals surface area contributed by atoms with Gasteiger partial charge in [0.25, 0.3) is 5.69 Å². The van der Waals surface area contributed by atoms with Crippen LogP contribution in [0, 0.1) is 16.0 Å². The minimum atomic E-state index is -0.430. The molecule has 1 atom stereocenters. The molecule has 6 heteroatoms. The Morgan fingerprint density at radius 1 is 1.30 bits per heavy atom. The van der Waals surface area contributed by atoms with Crippen LogP contribution >= 0.6 is 0 Å². The lowest BCUT2D eigenvalue weighted by Crippen LogP contribution is -2.34. The quantitative estimate of drug-likeness (QED) is 0.592. The zero-order chi connectivity index (χ0) is 15.3. The van der Waals surface area contributed by atoms with Gasteiger partial charge in [0.15, 0.2) is 0 Å². The Bertz CT molecular complexity index is 461. The van der Waals surface area contributed by atoms with E-state index in [1.54, 1.807) is 6.07 Å². The van der Waals surface area contributed by atoms with E-state index in [0.717, 1.165) is 0 Å². The van der Waals surface area contributed by atoms with Gasteiger partial charge in [-0.3, -0.25) is 10.1 Å². The summed E-state index contributed by atoms with van der Waals surface area (Å²) in [5.74, 6) is 0.822. The van der Waals surface area contributed by atoms with Crippen LogP contribution < -0.4 is 15.8 Å². The zero-order valence-corrected chi connectivity index (χ0v) is 12.4. The first kappa shape index (κ1) is 16.2. The van der Waals surface area contributed by atoms with E-state index in [9.17, 15) is 10.1 Å². The van der Waals surface area contributed by atoms with Gasteiger partial charge in [-0.15, -0.1) is 0 Å². The van der Waals surface area contributed by atoms with Crippen LogP contribution in [0.15, 0.2) is 18.2 Å². The maximum Gasteiger partial charge on any atom is 0.275 e. The molecule has 6 nitrogen and oxygen atoms in total. The van der Waals surface area contributed by atoms with E-state index in [2.05, 4.69) is 5.32 Å². The molecule has 0 heterocycles. The third-order valence-electron chi connectivity index (χ3n) is 2.87. The number of nitro groups is 1. The molecule has 0 saturated carbocycles. The van der Waals surface area contributed by atoms with Gasteiger partial charge in [-0.1, -0.05) is 13.8 Å². The number of hydrogen-bond donors (Lipinski definition) is 2. The molecule has 1 aromatic rings. The maximum atomic E-state index is 10.9. The van der Waals surface area contributed by atoms with Crippen LogP contribution in [0.2, 0.25) is 0 Å². The number of benzene rings is 1. The third kappa shape index (κ3) is 5.05. The fourth-order valence-electron chi connectivity index (χ4n) is 1.60. The van der Waals surface area contributed by atoms with Crippen molar-refractivity contribution in [3.63, 3.8) is 0 Å². The lowest BCUT2D eigenvalue weighted by molar-refractivity contribution is -0.384. The first-order valence-electron chi connectivity index (χ1n) is 6.75. The molecule has 0 aromatic heterocycles. The molecule has 3 N–H and O–H groups in total. The van der Waals surface area contributed by atoms with E-state index in [-0.39, 0.29) is 17.8 Å². The number of nitrogens with one attached hydrogen (secondary N) is 1. The van der Waals surface area contributed by atoms with Crippen molar-refractivity contribution >= 4 is 11.4 Å². The van der Waals surface area contributed by atoms with Gasteiger partial charge in [-0.25, -0.2) is 0 Å². The second kappa shape index (κ2) is 7.09. The molecular weight excluding hydrogens is 258 g/mol. The van der Waals surface area contributed by atoms with Gasteiger partial charge >= 0.3 is 0 Å². The molecular formula is C14H23N3O3. The number of nitrogens with zero attached hydrogens (tertiary/aromatic N) is 1. The van der Waals surface area contributed by atoms with Gasteiger partial charge in [0.2, 0.25) is 0 Å². The molecule has 0 radical (unpaired) electrons. The van der Waals surface area contributed by atoms with Crippen molar-refractivity contribution in [3.05, 3.63) is 28.3 Å². The summed E-state index contributed by atoms with van der Waals surface area (Å²) in [5, 5.41) is 14.1. The molecule has 20 heavy (non-hydrogen) atoms. The Morgan fingerprint density at radius 3 is 2.45 bits per heavy atom. The van der Waals surface area contributed by atoms with E-state index < -0.39 is 4.92 Å². The van der Waals surface area contributed by atoms with Crippen LogP contribution in [-0.4, -0.2) is 23.6 Å². The number of nitro benzene ring substituents is 1. The maximum absolute atomic E-state index is 10.9. The zero-order valence-electron chi connectivity index (χ0n) is 12.4. The van der Waals surface area contributed by atoms with Crippen LogP contribution in [0.1, 0.15) is 27.7 Å². The average molecular weight is 281 g/mol. The molecule has 1 unspecified atom stereocenters. The average Bonchev–Trinajstić information content (AvgIpc) is 2.34.